The molecule has 0 aromatic carbocycles. The third-order valence-electron chi connectivity index (χ3n) is 0.898. The molecule has 48 valence electrons. The van der Waals surface area contributed by atoms with Gasteiger partial charge in [-0.3, -0.25) is 0 Å². The van der Waals surface area contributed by atoms with E-state index < -0.39 is 0 Å². The van der Waals surface area contributed by atoms with Gasteiger partial charge in [-0.25, -0.2) is 4.98 Å². The molecule has 1 rings (SSSR count). The predicted octanol–water partition coefficient (Wildman–Crippen LogP) is 1.60. The second kappa shape index (κ2) is 2.98. The highest BCUT2D eigenvalue weighted by Gasteiger charge is 1.93. The Morgan fingerprint density at radius 2 is 2.44 bits per heavy atom. The predicted molar refractivity (Wildman–Crippen MR) is 43.5 cm³/mol. The van der Waals surface area contributed by atoms with Gasteiger partial charge in [0.2, 0.25) is 0 Å². The molecule has 0 saturated carbocycles. The Morgan fingerprint density at radius 3 is 2.89 bits per heavy atom. The standard InChI is InChI=1S/C5H6N2S2/c6-5-4(9-8)2-1-3-7-5/h1-3,8H,(H2,6,7). The molecule has 0 bridgehead atoms. The van der Waals surface area contributed by atoms with E-state index in [1.54, 1.807) is 6.20 Å². The van der Waals surface area contributed by atoms with Crippen molar-refractivity contribution in [3.05, 3.63) is 18.3 Å². The summed E-state index contributed by atoms with van der Waals surface area (Å²) in [5, 5.41) is 0. The molecule has 2 nitrogen and oxygen atoms in total. The molecule has 1 aromatic heterocycles. The number of nitrogens with two attached hydrogens (primary N) is 1. The summed E-state index contributed by atoms with van der Waals surface area (Å²) in [5.41, 5.74) is 5.45. The summed E-state index contributed by atoms with van der Waals surface area (Å²) < 4.78 is 0. The van der Waals surface area contributed by atoms with E-state index in [-0.39, 0.29) is 0 Å². The van der Waals surface area contributed by atoms with Gasteiger partial charge in [0.1, 0.15) is 5.82 Å². The molecule has 0 spiro atoms. The van der Waals surface area contributed by atoms with Crippen LogP contribution in [0.4, 0.5) is 5.82 Å². The van der Waals surface area contributed by atoms with Crippen molar-refractivity contribution in [2.75, 3.05) is 5.73 Å². The number of aromatic nitrogens is 1. The van der Waals surface area contributed by atoms with Crippen LogP contribution in [-0.4, -0.2) is 4.98 Å². The molecule has 9 heavy (non-hydrogen) atoms. The maximum atomic E-state index is 5.45. The van der Waals surface area contributed by atoms with Gasteiger partial charge < -0.3 is 5.73 Å². The van der Waals surface area contributed by atoms with E-state index in [0.29, 0.717) is 5.82 Å². The van der Waals surface area contributed by atoms with Crippen molar-refractivity contribution in [1.82, 2.24) is 4.98 Å². The summed E-state index contributed by atoms with van der Waals surface area (Å²) in [7, 11) is 1.30. The lowest BCUT2D eigenvalue weighted by Crippen LogP contribution is -1.89. The first kappa shape index (κ1) is 6.77. The third kappa shape index (κ3) is 1.53. The lowest BCUT2D eigenvalue weighted by Gasteiger charge is -1.95. The molecule has 0 aliphatic rings. The zero-order chi connectivity index (χ0) is 6.69. The van der Waals surface area contributed by atoms with Gasteiger partial charge in [0.05, 0.1) is 4.90 Å². The Morgan fingerprint density at radius 1 is 1.67 bits per heavy atom. The summed E-state index contributed by atoms with van der Waals surface area (Å²) in [6.07, 6.45) is 1.66. The maximum absolute atomic E-state index is 5.45. The van der Waals surface area contributed by atoms with E-state index in [1.807, 2.05) is 12.1 Å². The average Bonchev–Trinajstić information content (AvgIpc) is 1.89. The monoisotopic (exact) mass is 158 g/mol. The number of rotatable bonds is 1. The second-order valence-corrected chi connectivity index (χ2v) is 2.65. The van der Waals surface area contributed by atoms with Crippen molar-refractivity contribution in [3.63, 3.8) is 0 Å². The van der Waals surface area contributed by atoms with Crippen LogP contribution in [0.5, 0.6) is 0 Å². The van der Waals surface area contributed by atoms with Crippen LogP contribution in [0.3, 0.4) is 0 Å². The lowest BCUT2D eigenvalue weighted by atomic mass is 10.5. The van der Waals surface area contributed by atoms with Crippen molar-refractivity contribution >= 4 is 28.3 Å². The minimum Gasteiger partial charge on any atom is -0.383 e. The highest BCUT2D eigenvalue weighted by molar-refractivity contribution is 8.68. The molecule has 0 radical (unpaired) electrons. The fourth-order valence-corrected chi connectivity index (χ4v) is 1.23. The largest absolute Gasteiger partial charge is 0.383 e. The lowest BCUT2D eigenvalue weighted by molar-refractivity contribution is 1.26. The molecule has 4 heteroatoms. The summed E-state index contributed by atoms with van der Waals surface area (Å²) in [4.78, 5) is 4.76. The van der Waals surface area contributed by atoms with Gasteiger partial charge in [0, 0.05) is 6.20 Å². The minimum atomic E-state index is 0.539. The first-order valence-corrected chi connectivity index (χ1v) is 4.23. The molecule has 0 atom stereocenters. The number of hydrogen-bond donors (Lipinski definition) is 2. The first-order valence-electron chi connectivity index (χ1n) is 2.36. The summed E-state index contributed by atoms with van der Waals surface area (Å²) in [6.45, 7) is 0. The van der Waals surface area contributed by atoms with Crippen LogP contribution in [-0.2, 0) is 0 Å². The Hall–Kier alpha value is -0.350. The van der Waals surface area contributed by atoms with E-state index in [1.165, 1.54) is 10.8 Å². The minimum absolute atomic E-state index is 0.539. The highest BCUT2D eigenvalue weighted by atomic mass is 33.1. The molecule has 0 fully saturated rings. The van der Waals surface area contributed by atoms with Crippen LogP contribution in [0.2, 0.25) is 0 Å². The van der Waals surface area contributed by atoms with Crippen molar-refractivity contribution in [2.24, 2.45) is 0 Å². The molecule has 0 saturated heterocycles. The SMILES string of the molecule is Nc1ncccc1SS. The average molecular weight is 158 g/mol. The molecule has 0 aliphatic carbocycles. The molecule has 2 N–H and O–H groups in total. The summed E-state index contributed by atoms with van der Waals surface area (Å²) in [6, 6.07) is 3.70. The van der Waals surface area contributed by atoms with Crippen molar-refractivity contribution < 1.29 is 0 Å². The van der Waals surface area contributed by atoms with Crippen LogP contribution >= 0.6 is 22.5 Å². The van der Waals surface area contributed by atoms with Crippen LogP contribution in [0.25, 0.3) is 0 Å². The number of hydrogen-bond acceptors (Lipinski definition) is 4. The molecule has 1 heterocycles. The Balaban J connectivity index is 3.01. The first-order chi connectivity index (χ1) is 4.34. The number of nitrogens with zero attached hydrogens (tertiary/aromatic N) is 1. The van der Waals surface area contributed by atoms with E-state index in [9.17, 15) is 0 Å². The summed E-state index contributed by atoms with van der Waals surface area (Å²) in [5.74, 6) is 0.539. The molecular formula is C5H6N2S2. The topological polar surface area (TPSA) is 38.9 Å². The third-order valence-corrected chi connectivity index (χ3v) is 2.03. The molecule has 0 unspecified atom stereocenters. The van der Waals surface area contributed by atoms with Gasteiger partial charge >= 0.3 is 0 Å². The second-order valence-electron chi connectivity index (χ2n) is 1.48. The fourth-order valence-electron chi connectivity index (χ4n) is 0.480. The number of nitrogen functional groups attached to an aromatic ring is 1. The van der Waals surface area contributed by atoms with Gasteiger partial charge in [-0.15, -0.1) is 11.7 Å². The van der Waals surface area contributed by atoms with E-state index in [2.05, 4.69) is 16.6 Å². The zero-order valence-electron chi connectivity index (χ0n) is 4.61. The van der Waals surface area contributed by atoms with Gasteiger partial charge in [0.25, 0.3) is 0 Å². The van der Waals surface area contributed by atoms with Crippen LogP contribution < -0.4 is 5.73 Å². The van der Waals surface area contributed by atoms with Crippen molar-refractivity contribution in [3.8, 4) is 0 Å². The van der Waals surface area contributed by atoms with Gasteiger partial charge in [0.15, 0.2) is 0 Å². The number of pyridine rings is 1. The van der Waals surface area contributed by atoms with E-state index in [4.69, 9.17) is 5.73 Å². The number of anilines is 1. The Bertz CT molecular complexity index is 202. The smallest absolute Gasteiger partial charge is 0.137 e. The fraction of sp³-hybridized carbons (Fsp3) is 0. The number of thiol groups is 1. The van der Waals surface area contributed by atoms with Gasteiger partial charge in [-0.2, -0.15) is 0 Å². The zero-order valence-corrected chi connectivity index (χ0v) is 6.32. The quantitative estimate of drug-likeness (QED) is 0.481. The Labute approximate surface area is 62.7 Å². The van der Waals surface area contributed by atoms with E-state index in [0.717, 1.165) is 4.90 Å². The molecular weight excluding hydrogens is 152 g/mol. The highest BCUT2D eigenvalue weighted by Crippen LogP contribution is 2.24. The molecule has 0 amide bonds. The Kier molecular flexibility index (Phi) is 2.24. The van der Waals surface area contributed by atoms with E-state index >= 15 is 0 Å². The van der Waals surface area contributed by atoms with Gasteiger partial charge in [-0.05, 0) is 12.1 Å². The molecule has 0 aliphatic heterocycles. The summed E-state index contributed by atoms with van der Waals surface area (Å²) >= 11 is 3.98. The van der Waals surface area contributed by atoms with Crippen molar-refractivity contribution in [1.29, 1.82) is 0 Å². The van der Waals surface area contributed by atoms with Crippen LogP contribution in [0.1, 0.15) is 0 Å². The maximum Gasteiger partial charge on any atom is 0.137 e. The van der Waals surface area contributed by atoms with Crippen molar-refractivity contribution in [2.45, 2.75) is 4.90 Å². The normalized spacial score (nSPS) is 9.44. The van der Waals surface area contributed by atoms with Crippen LogP contribution in [0, 0.1) is 0 Å². The van der Waals surface area contributed by atoms with Crippen LogP contribution in [0.15, 0.2) is 23.2 Å². The molecule has 1 aromatic rings. The van der Waals surface area contributed by atoms with Gasteiger partial charge in [-0.1, -0.05) is 10.8 Å².